The number of nitrogens with zero attached hydrogens (tertiary/aromatic N) is 2. The van der Waals surface area contributed by atoms with Gasteiger partial charge in [0.15, 0.2) is 5.75 Å². The summed E-state index contributed by atoms with van der Waals surface area (Å²) in [5, 5.41) is 7.69. The number of thiophene rings is 1. The number of hydrogen-bond acceptors (Lipinski definition) is 4. The Balaban J connectivity index is 1.84. The average molecular weight is 293 g/mol. The molecule has 0 aliphatic carbocycles. The van der Waals surface area contributed by atoms with Gasteiger partial charge in [0.05, 0.1) is 12.4 Å². The van der Waals surface area contributed by atoms with Crippen LogP contribution in [-0.4, -0.2) is 15.8 Å². The van der Waals surface area contributed by atoms with Crippen LogP contribution in [0.2, 0.25) is 0 Å². The number of hydrogen-bond donors (Lipinski definition) is 1. The first kappa shape index (κ1) is 15.1. The fourth-order valence-electron chi connectivity index (χ4n) is 1.73. The van der Waals surface area contributed by atoms with Gasteiger partial charge in [-0.2, -0.15) is 5.10 Å². The molecule has 0 fully saturated rings. The maximum absolute atomic E-state index is 5.77. The molecule has 0 amide bonds. The summed E-state index contributed by atoms with van der Waals surface area (Å²) in [4.78, 5) is 2.58. The molecule has 0 bridgehead atoms. The molecule has 0 spiro atoms. The summed E-state index contributed by atoms with van der Waals surface area (Å²) in [6.45, 7) is 10.0. The van der Waals surface area contributed by atoms with Crippen molar-refractivity contribution in [3.05, 3.63) is 34.3 Å². The lowest BCUT2D eigenvalue weighted by atomic mass is 10.3. The predicted octanol–water partition coefficient (Wildman–Crippen LogP) is 3.60. The normalized spacial score (nSPS) is 11.5. The van der Waals surface area contributed by atoms with E-state index in [1.165, 1.54) is 9.75 Å². The lowest BCUT2D eigenvalue weighted by Crippen LogP contribution is -2.21. The van der Waals surface area contributed by atoms with Crippen molar-refractivity contribution in [1.82, 2.24) is 15.1 Å². The van der Waals surface area contributed by atoms with Crippen LogP contribution < -0.4 is 10.1 Å². The van der Waals surface area contributed by atoms with E-state index in [1.54, 1.807) is 17.5 Å². The van der Waals surface area contributed by atoms with E-state index >= 15 is 0 Å². The highest BCUT2D eigenvalue weighted by Gasteiger charge is 2.05. The van der Waals surface area contributed by atoms with Gasteiger partial charge >= 0.3 is 0 Å². The van der Waals surface area contributed by atoms with Crippen LogP contribution in [0.3, 0.4) is 0 Å². The molecule has 0 saturated heterocycles. The fourth-order valence-corrected chi connectivity index (χ4v) is 2.61. The van der Waals surface area contributed by atoms with Gasteiger partial charge in [-0.15, -0.1) is 11.3 Å². The van der Waals surface area contributed by atoms with Crippen LogP contribution in [0.4, 0.5) is 0 Å². The molecule has 2 heterocycles. The Morgan fingerprint density at radius 2 is 2.00 bits per heavy atom. The van der Waals surface area contributed by atoms with E-state index in [4.69, 9.17) is 4.74 Å². The maximum Gasteiger partial charge on any atom is 0.157 e. The molecular formula is C15H23N3OS. The number of nitrogens with one attached hydrogen (secondary N) is 1. The number of rotatable bonds is 7. The fraction of sp³-hybridized carbons (Fsp3) is 0.533. The van der Waals surface area contributed by atoms with E-state index in [0.717, 1.165) is 12.3 Å². The molecule has 1 N–H and O–H groups in total. The zero-order chi connectivity index (χ0) is 14.5. The molecule has 4 nitrogen and oxygen atoms in total. The summed E-state index contributed by atoms with van der Waals surface area (Å²) in [5.41, 5.74) is 0. The Bertz CT molecular complexity index is 531. The Hall–Kier alpha value is -1.33. The summed E-state index contributed by atoms with van der Waals surface area (Å²) in [6, 6.07) is 5.17. The minimum absolute atomic E-state index is 0.364. The Labute approximate surface area is 124 Å². The molecule has 0 atom stereocenters. The van der Waals surface area contributed by atoms with Crippen molar-refractivity contribution in [3.8, 4) is 5.75 Å². The minimum atomic E-state index is 0.364. The summed E-state index contributed by atoms with van der Waals surface area (Å²) in [7, 11) is 0. The first-order chi connectivity index (χ1) is 9.54. The first-order valence-corrected chi connectivity index (χ1v) is 7.84. The molecule has 5 heteroatoms. The van der Waals surface area contributed by atoms with Crippen LogP contribution in [0.1, 0.15) is 43.5 Å². The molecule has 110 valence electrons. The average Bonchev–Trinajstić information content (AvgIpc) is 3.03. The summed E-state index contributed by atoms with van der Waals surface area (Å²) in [5.74, 6) is 0.828. The molecular weight excluding hydrogens is 270 g/mol. The van der Waals surface area contributed by atoms with Gasteiger partial charge in [-0.3, -0.25) is 4.68 Å². The van der Waals surface area contributed by atoms with Crippen LogP contribution in [-0.2, 0) is 13.2 Å². The van der Waals surface area contributed by atoms with Crippen LogP contribution in [0.15, 0.2) is 24.5 Å². The van der Waals surface area contributed by atoms with Crippen molar-refractivity contribution in [1.29, 1.82) is 0 Å². The zero-order valence-electron chi connectivity index (χ0n) is 12.6. The van der Waals surface area contributed by atoms with Crippen LogP contribution >= 0.6 is 11.3 Å². The summed E-state index contributed by atoms with van der Waals surface area (Å²) >= 11 is 1.79. The largest absolute Gasteiger partial charge is 0.485 e. The number of aromatic nitrogens is 2. The second-order valence-corrected chi connectivity index (χ2v) is 6.69. The topological polar surface area (TPSA) is 39.1 Å². The van der Waals surface area contributed by atoms with Crippen molar-refractivity contribution in [2.24, 2.45) is 0 Å². The van der Waals surface area contributed by atoms with E-state index in [1.807, 2.05) is 10.9 Å². The van der Waals surface area contributed by atoms with E-state index in [2.05, 4.69) is 50.2 Å². The van der Waals surface area contributed by atoms with Crippen molar-refractivity contribution in [2.45, 2.75) is 52.9 Å². The lowest BCUT2D eigenvalue weighted by Gasteiger charge is -2.05. The molecule has 0 saturated carbocycles. The van der Waals surface area contributed by atoms with Gasteiger partial charge in [-0.05, 0) is 26.0 Å². The SMILES string of the molecule is CC(C)NCc1ccc(COc2cnn(C(C)C)c2)s1. The van der Waals surface area contributed by atoms with Gasteiger partial charge in [0, 0.05) is 28.4 Å². The van der Waals surface area contributed by atoms with Crippen molar-refractivity contribution in [3.63, 3.8) is 0 Å². The van der Waals surface area contributed by atoms with Gasteiger partial charge < -0.3 is 10.1 Å². The van der Waals surface area contributed by atoms with Gasteiger partial charge in [0.1, 0.15) is 6.61 Å². The highest BCUT2D eigenvalue weighted by molar-refractivity contribution is 7.11. The molecule has 0 unspecified atom stereocenters. The standard InChI is InChI=1S/C15H23N3OS/c1-11(2)16-8-14-5-6-15(20-14)10-19-13-7-17-18(9-13)12(3)4/h5-7,9,11-12,16H,8,10H2,1-4H3. The van der Waals surface area contributed by atoms with Crippen molar-refractivity contribution < 1.29 is 4.74 Å². The molecule has 0 aliphatic heterocycles. The van der Waals surface area contributed by atoms with Crippen LogP contribution in [0.5, 0.6) is 5.75 Å². The predicted molar refractivity (Wildman–Crippen MR) is 83.2 cm³/mol. The van der Waals surface area contributed by atoms with Crippen LogP contribution in [0.25, 0.3) is 0 Å². The third kappa shape index (κ3) is 4.35. The third-order valence-corrected chi connectivity index (χ3v) is 3.95. The molecule has 0 radical (unpaired) electrons. The molecule has 20 heavy (non-hydrogen) atoms. The number of ether oxygens (including phenoxy) is 1. The van der Waals surface area contributed by atoms with E-state index < -0.39 is 0 Å². The zero-order valence-corrected chi connectivity index (χ0v) is 13.4. The molecule has 2 aromatic rings. The van der Waals surface area contributed by atoms with Gasteiger partial charge in [0.25, 0.3) is 0 Å². The van der Waals surface area contributed by atoms with Crippen LogP contribution in [0, 0.1) is 0 Å². The molecule has 2 aromatic heterocycles. The second kappa shape index (κ2) is 6.90. The maximum atomic E-state index is 5.77. The van der Waals surface area contributed by atoms with Crippen molar-refractivity contribution >= 4 is 11.3 Å². The van der Waals surface area contributed by atoms with Gasteiger partial charge in [-0.25, -0.2) is 0 Å². The monoisotopic (exact) mass is 293 g/mol. The Morgan fingerprint density at radius 1 is 1.25 bits per heavy atom. The van der Waals surface area contributed by atoms with E-state index in [-0.39, 0.29) is 0 Å². The molecule has 2 rings (SSSR count). The van der Waals surface area contributed by atoms with E-state index in [0.29, 0.717) is 18.7 Å². The van der Waals surface area contributed by atoms with Gasteiger partial charge in [-0.1, -0.05) is 13.8 Å². The smallest absolute Gasteiger partial charge is 0.157 e. The summed E-state index contributed by atoms with van der Waals surface area (Å²) < 4.78 is 7.67. The Morgan fingerprint density at radius 3 is 2.65 bits per heavy atom. The highest BCUT2D eigenvalue weighted by Crippen LogP contribution is 2.20. The minimum Gasteiger partial charge on any atom is -0.485 e. The van der Waals surface area contributed by atoms with E-state index in [9.17, 15) is 0 Å². The third-order valence-electron chi connectivity index (χ3n) is 2.89. The Kier molecular flexibility index (Phi) is 5.20. The van der Waals surface area contributed by atoms with Gasteiger partial charge in [0.2, 0.25) is 0 Å². The summed E-state index contributed by atoms with van der Waals surface area (Å²) in [6.07, 6.45) is 3.72. The lowest BCUT2D eigenvalue weighted by molar-refractivity contribution is 0.309. The quantitative estimate of drug-likeness (QED) is 0.847. The first-order valence-electron chi connectivity index (χ1n) is 7.02. The molecule has 0 aliphatic rings. The highest BCUT2D eigenvalue weighted by atomic mass is 32.1. The molecule has 0 aromatic carbocycles. The second-order valence-electron chi connectivity index (χ2n) is 5.44. The van der Waals surface area contributed by atoms with Crippen molar-refractivity contribution in [2.75, 3.05) is 0 Å².